The molecule has 1 amide bonds. The first-order chi connectivity index (χ1) is 7.91. The van der Waals surface area contributed by atoms with Gasteiger partial charge in [-0.05, 0) is 32.4 Å². The van der Waals surface area contributed by atoms with Crippen LogP contribution in [0.3, 0.4) is 0 Å². The molecule has 2 nitrogen and oxygen atoms in total. The Morgan fingerprint density at radius 2 is 2.00 bits per heavy atom. The maximum atomic E-state index is 11.9. The first-order valence-corrected chi connectivity index (χ1v) is 6.50. The lowest BCUT2D eigenvalue weighted by atomic mass is 10.1. The van der Waals surface area contributed by atoms with E-state index in [4.69, 9.17) is 34.8 Å². The second-order valence-corrected chi connectivity index (χ2v) is 5.52. The number of halogens is 3. The van der Waals surface area contributed by atoms with Gasteiger partial charge in [-0.15, -0.1) is 11.6 Å². The molecule has 0 aliphatic heterocycles. The van der Waals surface area contributed by atoms with Gasteiger partial charge in [0.1, 0.15) is 0 Å². The summed E-state index contributed by atoms with van der Waals surface area (Å²) in [7, 11) is 0. The Kier molecular flexibility index (Phi) is 5.57. The van der Waals surface area contributed by atoms with E-state index in [2.05, 4.69) is 5.32 Å². The van der Waals surface area contributed by atoms with Crippen LogP contribution in [0.25, 0.3) is 0 Å². The molecule has 94 valence electrons. The van der Waals surface area contributed by atoms with Crippen LogP contribution in [0.4, 0.5) is 0 Å². The van der Waals surface area contributed by atoms with E-state index in [0.717, 1.165) is 0 Å². The smallest absolute Gasteiger partial charge is 0.253 e. The van der Waals surface area contributed by atoms with Gasteiger partial charge in [0.05, 0.1) is 15.6 Å². The van der Waals surface area contributed by atoms with E-state index in [1.807, 2.05) is 13.8 Å². The summed E-state index contributed by atoms with van der Waals surface area (Å²) in [4.78, 5) is 11.9. The lowest BCUT2D eigenvalue weighted by molar-refractivity contribution is 0.0938. The molecular formula is C12H14Cl3NO. The first kappa shape index (κ1) is 14.6. The third-order valence-corrected chi connectivity index (χ3v) is 3.25. The minimum atomic E-state index is -0.234. The van der Waals surface area contributed by atoms with E-state index >= 15 is 0 Å². The van der Waals surface area contributed by atoms with Crippen LogP contribution in [0.2, 0.25) is 10.0 Å². The third kappa shape index (κ3) is 4.38. The molecule has 0 aliphatic carbocycles. The predicted molar refractivity (Wildman–Crippen MR) is 73.3 cm³/mol. The molecule has 1 N–H and O–H groups in total. The van der Waals surface area contributed by atoms with Crippen molar-refractivity contribution < 1.29 is 4.79 Å². The highest BCUT2D eigenvalue weighted by atomic mass is 35.5. The number of alkyl halides is 1. The molecule has 0 saturated carbocycles. The molecule has 2 unspecified atom stereocenters. The maximum absolute atomic E-state index is 11.9. The average Bonchev–Trinajstić information content (AvgIpc) is 2.20. The van der Waals surface area contributed by atoms with Crippen LogP contribution < -0.4 is 5.32 Å². The van der Waals surface area contributed by atoms with Gasteiger partial charge in [-0.3, -0.25) is 4.79 Å². The zero-order chi connectivity index (χ0) is 13.0. The predicted octanol–water partition coefficient (Wildman–Crippen LogP) is 4.13. The van der Waals surface area contributed by atoms with Crippen molar-refractivity contribution in [3.63, 3.8) is 0 Å². The fourth-order valence-electron chi connectivity index (χ4n) is 1.53. The Bertz CT molecular complexity index is 407. The van der Waals surface area contributed by atoms with Crippen molar-refractivity contribution in [3.8, 4) is 0 Å². The highest BCUT2D eigenvalue weighted by molar-refractivity contribution is 6.43. The van der Waals surface area contributed by atoms with Crippen molar-refractivity contribution >= 4 is 40.7 Å². The third-order valence-electron chi connectivity index (χ3n) is 2.25. The van der Waals surface area contributed by atoms with Crippen LogP contribution in [0.1, 0.15) is 30.6 Å². The zero-order valence-corrected chi connectivity index (χ0v) is 11.9. The van der Waals surface area contributed by atoms with E-state index in [1.54, 1.807) is 18.2 Å². The lowest BCUT2D eigenvalue weighted by Gasteiger charge is -2.15. The number of nitrogens with one attached hydrogen (secondary N) is 1. The summed E-state index contributed by atoms with van der Waals surface area (Å²) in [5.41, 5.74) is 0.383. The molecule has 2 atom stereocenters. The van der Waals surface area contributed by atoms with Crippen molar-refractivity contribution in [2.24, 2.45) is 0 Å². The molecule has 0 aromatic heterocycles. The first-order valence-electron chi connectivity index (χ1n) is 5.30. The molecule has 1 aromatic carbocycles. The van der Waals surface area contributed by atoms with E-state index in [1.165, 1.54) is 0 Å². The number of rotatable bonds is 4. The Morgan fingerprint density at radius 3 is 2.59 bits per heavy atom. The van der Waals surface area contributed by atoms with E-state index in [-0.39, 0.29) is 22.3 Å². The number of hydrogen-bond donors (Lipinski definition) is 1. The fraction of sp³-hybridized carbons (Fsp3) is 0.417. The summed E-state index contributed by atoms with van der Waals surface area (Å²) in [6, 6.07) is 4.97. The van der Waals surface area contributed by atoms with Crippen LogP contribution in [0.5, 0.6) is 0 Å². The van der Waals surface area contributed by atoms with Gasteiger partial charge in [0, 0.05) is 11.4 Å². The summed E-state index contributed by atoms with van der Waals surface area (Å²) in [5.74, 6) is -0.234. The van der Waals surface area contributed by atoms with Crippen LogP contribution in [0.15, 0.2) is 18.2 Å². The van der Waals surface area contributed by atoms with Crippen molar-refractivity contribution in [2.75, 3.05) is 0 Å². The number of hydrogen-bond acceptors (Lipinski definition) is 1. The average molecular weight is 295 g/mol. The summed E-state index contributed by atoms with van der Waals surface area (Å²) in [5, 5.41) is 3.49. The largest absolute Gasteiger partial charge is 0.349 e. The summed E-state index contributed by atoms with van der Waals surface area (Å²) in [6.07, 6.45) is 0.700. The standard InChI is InChI=1S/C12H14Cl3NO/c1-7(13)6-8(2)16-12(17)9-4-3-5-10(14)11(9)15/h3-5,7-8H,6H2,1-2H3,(H,16,17). The van der Waals surface area contributed by atoms with E-state index < -0.39 is 0 Å². The van der Waals surface area contributed by atoms with Crippen LogP contribution in [0, 0.1) is 0 Å². The Balaban J connectivity index is 2.73. The Hall–Kier alpha value is -0.440. The minimum absolute atomic E-state index is 0.00921. The maximum Gasteiger partial charge on any atom is 0.253 e. The SMILES string of the molecule is CC(Cl)CC(C)NC(=O)c1cccc(Cl)c1Cl. The van der Waals surface area contributed by atoms with Crippen molar-refractivity contribution in [2.45, 2.75) is 31.7 Å². The van der Waals surface area contributed by atoms with Crippen LogP contribution in [-0.4, -0.2) is 17.3 Å². The van der Waals surface area contributed by atoms with Gasteiger partial charge in [0.15, 0.2) is 0 Å². The van der Waals surface area contributed by atoms with Crippen LogP contribution in [-0.2, 0) is 0 Å². The van der Waals surface area contributed by atoms with Gasteiger partial charge in [-0.25, -0.2) is 0 Å². The van der Waals surface area contributed by atoms with E-state index in [0.29, 0.717) is 17.0 Å². The van der Waals surface area contributed by atoms with Gasteiger partial charge >= 0.3 is 0 Å². The van der Waals surface area contributed by atoms with Crippen LogP contribution >= 0.6 is 34.8 Å². The molecule has 0 heterocycles. The number of amides is 1. The van der Waals surface area contributed by atoms with Gasteiger partial charge in [0.25, 0.3) is 5.91 Å². The topological polar surface area (TPSA) is 29.1 Å². The molecule has 0 saturated heterocycles. The molecule has 0 aliphatic rings. The van der Waals surface area contributed by atoms with Crippen molar-refractivity contribution in [1.82, 2.24) is 5.32 Å². The quantitative estimate of drug-likeness (QED) is 0.831. The summed E-state index contributed by atoms with van der Waals surface area (Å²) >= 11 is 17.7. The minimum Gasteiger partial charge on any atom is -0.349 e. The van der Waals surface area contributed by atoms with Crippen molar-refractivity contribution in [1.29, 1.82) is 0 Å². The molecule has 1 rings (SSSR count). The van der Waals surface area contributed by atoms with Gasteiger partial charge < -0.3 is 5.32 Å². The zero-order valence-electron chi connectivity index (χ0n) is 9.64. The number of carbonyl (C=O) groups is 1. The lowest BCUT2D eigenvalue weighted by Crippen LogP contribution is -2.34. The normalized spacial score (nSPS) is 14.2. The highest BCUT2D eigenvalue weighted by Gasteiger charge is 2.15. The highest BCUT2D eigenvalue weighted by Crippen LogP contribution is 2.25. The van der Waals surface area contributed by atoms with E-state index in [9.17, 15) is 4.79 Å². The van der Waals surface area contributed by atoms with Gasteiger partial charge in [-0.2, -0.15) is 0 Å². The summed E-state index contributed by atoms with van der Waals surface area (Å²) < 4.78 is 0. The molecule has 17 heavy (non-hydrogen) atoms. The summed E-state index contributed by atoms with van der Waals surface area (Å²) in [6.45, 7) is 3.78. The number of carbonyl (C=O) groups excluding carboxylic acids is 1. The monoisotopic (exact) mass is 293 g/mol. The fourth-order valence-corrected chi connectivity index (χ4v) is 2.18. The molecule has 1 aromatic rings. The molecule has 0 fully saturated rings. The Morgan fingerprint density at radius 1 is 1.35 bits per heavy atom. The Labute approximate surface area is 116 Å². The molecule has 0 radical (unpaired) electrons. The van der Waals surface area contributed by atoms with Gasteiger partial charge in [0.2, 0.25) is 0 Å². The number of benzene rings is 1. The molecular weight excluding hydrogens is 280 g/mol. The molecule has 0 spiro atoms. The molecule has 5 heteroatoms. The molecule has 0 bridgehead atoms. The second kappa shape index (κ2) is 6.48. The van der Waals surface area contributed by atoms with Gasteiger partial charge in [-0.1, -0.05) is 29.3 Å². The second-order valence-electron chi connectivity index (χ2n) is 3.99. The van der Waals surface area contributed by atoms with Crippen molar-refractivity contribution in [3.05, 3.63) is 33.8 Å².